The van der Waals surface area contributed by atoms with Crippen molar-refractivity contribution in [3.8, 4) is 11.9 Å². The van der Waals surface area contributed by atoms with Crippen LogP contribution < -0.4 is 20.7 Å². The molecule has 0 saturated heterocycles. The molecule has 12 heteroatoms. The van der Waals surface area contributed by atoms with Crippen LogP contribution in [0.5, 0.6) is 5.88 Å². The molecule has 2 aromatic heterocycles. The van der Waals surface area contributed by atoms with E-state index >= 15 is 0 Å². The van der Waals surface area contributed by atoms with Crippen molar-refractivity contribution in [2.75, 3.05) is 31.0 Å². The molecule has 0 fully saturated rings. The van der Waals surface area contributed by atoms with Gasteiger partial charge in [0.1, 0.15) is 12.7 Å². The molecule has 4 N–H and O–H groups in total. The van der Waals surface area contributed by atoms with Gasteiger partial charge in [-0.05, 0) is 19.4 Å². The molecule has 0 aliphatic carbocycles. The van der Waals surface area contributed by atoms with Gasteiger partial charge in [-0.15, -0.1) is 0 Å². The molecule has 0 aliphatic heterocycles. The summed E-state index contributed by atoms with van der Waals surface area (Å²) in [5.41, 5.74) is 0.0572. The van der Waals surface area contributed by atoms with E-state index in [1.165, 1.54) is 13.3 Å². The number of carboxylic acid groups (broad SMARTS) is 1. The number of carbonyl (C=O) groups is 1. The van der Waals surface area contributed by atoms with Crippen molar-refractivity contribution in [3.05, 3.63) is 35.5 Å². The zero-order chi connectivity index (χ0) is 24.4. The van der Waals surface area contributed by atoms with Crippen LogP contribution in [0.4, 0.5) is 30.9 Å². The quantitative estimate of drug-likeness (QED) is 0.346. The average Bonchev–Trinajstić information content (AvgIpc) is 2.76. The number of pyridine rings is 2. The van der Waals surface area contributed by atoms with Crippen molar-refractivity contribution < 1.29 is 28.2 Å². The molecular weight excluding hydrogens is 438 g/mol. The number of nitriles is 1. The Balaban J connectivity index is 2.27. The van der Waals surface area contributed by atoms with Crippen molar-refractivity contribution in [2.24, 2.45) is 0 Å². The van der Waals surface area contributed by atoms with Crippen LogP contribution in [0.3, 0.4) is 0 Å². The highest BCUT2D eigenvalue weighted by atomic mass is 19.1. The van der Waals surface area contributed by atoms with Crippen LogP contribution in [-0.4, -0.2) is 53.6 Å². The number of amides is 1. The predicted molar refractivity (Wildman–Crippen MR) is 117 cm³/mol. The summed E-state index contributed by atoms with van der Waals surface area (Å²) in [4.78, 5) is 19.0. The molecule has 0 aromatic carbocycles. The monoisotopic (exact) mass is 464 g/mol. The fraction of sp³-hybridized carbons (Fsp3) is 0.429. The molecule has 0 radical (unpaired) electrons. The summed E-state index contributed by atoms with van der Waals surface area (Å²) in [6, 6.07) is 2.92. The van der Waals surface area contributed by atoms with Gasteiger partial charge in [0.2, 0.25) is 0 Å². The lowest BCUT2D eigenvalue weighted by atomic mass is 10.0. The van der Waals surface area contributed by atoms with E-state index in [2.05, 4.69) is 25.9 Å². The molecule has 0 spiro atoms. The molecule has 0 aliphatic rings. The van der Waals surface area contributed by atoms with Crippen molar-refractivity contribution >= 4 is 23.4 Å². The van der Waals surface area contributed by atoms with Crippen LogP contribution in [0.15, 0.2) is 18.3 Å². The fourth-order valence-electron chi connectivity index (χ4n) is 2.96. The number of halogens is 2. The van der Waals surface area contributed by atoms with Gasteiger partial charge in [0, 0.05) is 25.3 Å². The van der Waals surface area contributed by atoms with Gasteiger partial charge >= 0.3 is 6.09 Å². The summed E-state index contributed by atoms with van der Waals surface area (Å²) in [5.74, 6) is -1.94. The van der Waals surface area contributed by atoms with E-state index in [0.717, 1.165) is 12.1 Å². The van der Waals surface area contributed by atoms with Crippen LogP contribution in [-0.2, 0) is 4.74 Å². The first-order valence-electron chi connectivity index (χ1n) is 10.2. The van der Waals surface area contributed by atoms with Gasteiger partial charge in [-0.25, -0.2) is 23.5 Å². The summed E-state index contributed by atoms with van der Waals surface area (Å²) in [5, 5.41) is 26.3. The summed E-state index contributed by atoms with van der Waals surface area (Å²) in [6.45, 7) is 3.94. The normalized spacial score (nSPS) is 12.4. The topological polar surface area (TPSA) is 141 Å². The number of nitrogens with zero attached hydrogens (tertiary/aromatic N) is 3. The molecule has 2 aromatic rings. The third-order valence-electron chi connectivity index (χ3n) is 4.57. The number of nitrogens with one attached hydrogen (secondary N) is 3. The lowest BCUT2D eigenvalue weighted by Gasteiger charge is -2.25. The Labute approximate surface area is 189 Å². The Kier molecular flexibility index (Phi) is 9.56. The highest BCUT2D eigenvalue weighted by Crippen LogP contribution is 2.26. The number of rotatable bonds is 12. The standard InChI is InChI=1S/C21H26F2N6O4/c1-4-5-17(12(2)26-21(30)31)28-19-15(22)8-13(10-24)18(29-19)27-14-9-16(23)20(25-11-14)33-7-6-32-3/h8-9,11-12,17,26H,4-7H2,1-3H3,(H,30,31)(H2,27,28,29)/t12-,17+/m0/s1. The zero-order valence-electron chi connectivity index (χ0n) is 18.5. The van der Waals surface area contributed by atoms with Crippen LogP contribution in [0.2, 0.25) is 0 Å². The Morgan fingerprint density at radius 1 is 1.27 bits per heavy atom. The smallest absolute Gasteiger partial charge is 0.404 e. The maximum Gasteiger partial charge on any atom is 0.404 e. The first-order valence-corrected chi connectivity index (χ1v) is 10.2. The van der Waals surface area contributed by atoms with E-state index in [4.69, 9.17) is 14.6 Å². The molecule has 0 bridgehead atoms. The van der Waals surface area contributed by atoms with Gasteiger partial charge in [0.15, 0.2) is 23.3 Å². The van der Waals surface area contributed by atoms with E-state index in [1.807, 2.05) is 13.0 Å². The Morgan fingerprint density at radius 3 is 2.64 bits per heavy atom. The Morgan fingerprint density at radius 2 is 2.03 bits per heavy atom. The molecule has 2 heterocycles. The molecule has 0 saturated carbocycles. The second-order valence-electron chi connectivity index (χ2n) is 7.08. The van der Waals surface area contributed by atoms with Gasteiger partial charge in [-0.1, -0.05) is 13.3 Å². The lowest BCUT2D eigenvalue weighted by Crippen LogP contribution is -2.44. The highest BCUT2D eigenvalue weighted by Gasteiger charge is 2.21. The third kappa shape index (κ3) is 7.43. The minimum atomic E-state index is -1.20. The van der Waals surface area contributed by atoms with E-state index in [9.17, 15) is 18.8 Å². The molecule has 1 amide bonds. The molecule has 2 atom stereocenters. The zero-order valence-corrected chi connectivity index (χ0v) is 18.5. The largest absolute Gasteiger partial charge is 0.473 e. The first kappa shape index (κ1) is 25.5. The van der Waals surface area contributed by atoms with Crippen molar-refractivity contribution in [3.63, 3.8) is 0 Å². The molecule has 33 heavy (non-hydrogen) atoms. The van der Waals surface area contributed by atoms with Gasteiger partial charge in [-0.3, -0.25) is 0 Å². The second kappa shape index (κ2) is 12.4. The second-order valence-corrected chi connectivity index (χ2v) is 7.08. The highest BCUT2D eigenvalue weighted by molar-refractivity contribution is 5.66. The van der Waals surface area contributed by atoms with Gasteiger partial charge in [0.25, 0.3) is 5.88 Å². The van der Waals surface area contributed by atoms with Crippen molar-refractivity contribution in [1.82, 2.24) is 15.3 Å². The molecular formula is C21H26F2N6O4. The van der Waals surface area contributed by atoms with E-state index in [1.54, 1.807) is 6.92 Å². The minimum absolute atomic E-state index is 0.0234. The average molecular weight is 464 g/mol. The molecule has 178 valence electrons. The molecule has 0 unspecified atom stereocenters. The van der Waals surface area contributed by atoms with Gasteiger partial charge < -0.3 is 30.5 Å². The Bertz CT molecular complexity index is 1000. The van der Waals surface area contributed by atoms with E-state index in [0.29, 0.717) is 12.8 Å². The van der Waals surface area contributed by atoms with Crippen LogP contribution in [0.1, 0.15) is 32.3 Å². The summed E-state index contributed by atoms with van der Waals surface area (Å²) in [6.07, 6.45) is 1.31. The lowest BCUT2D eigenvalue weighted by molar-refractivity contribution is 0.141. The van der Waals surface area contributed by atoms with Crippen LogP contribution >= 0.6 is 0 Å². The van der Waals surface area contributed by atoms with Crippen molar-refractivity contribution in [2.45, 2.75) is 38.8 Å². The molecule has 2 rings (SSSR count). The number of ether oxygens (including phenoxy) is 2. The number of anilines is 3. The Hall–Kier alpha value is -3.72. The maximum atomic E-state index is 14.6. The van der Waals surface area contributed by atoms with Gasteiger partial charge in [0.05, 0.1) is 24.1 Å². The van der Waals surface area contributed by atoms with Gasteiger partial charge in [-0.2, -0.15) is 5.26 Å². The minimum Gasteiger partial charge on any atom is -0.473 e. The van der Waals surface area contributed by atoms with Crippen LogP contribution in [0.25, 0.3) is 0 Å². The maximum absolute atomic E-state index is 14.6. The molecule has 10 nitrogen and oxygen atoms in total. The number of methoxy groups -OCH3 is 1. The van der Waals surface area contributed by atoms with Crippen LogP contribution in [0, 0.1) is 23.0 Å². The SMILES string of the molecule is CCC[C@@H](Nc1nc(Nc2cnc(OCCOC)c(F)c2)c(C#N)cc1F)[C@H](C)NC(=O)O. The van der Waals surface area contributed by atoms with E-state index < -0.39 is 29.8 Å². The third-order valence-corrected chi connectivity index (χ3v) is 4.57. The van der Waals surface area contributed by atoms with E-state index in [-0.39, 0.29) is 42.0 Å². The fourth-order valence-corrected chi connectivity index (χ4v) is 2.96. The first-order chi connectivity index (χ1) is 15.8. The summed E-state index contributed by atoms with van der Waals surface area (Å²) in [7, 11) is 1.49. The number of hydrogen-bond acceptors (Lipinski definition) is 8. The number of hydrogen-bond donors (Lipinski definition) is 4. The summed E-state index contributed by atoms with van der Waals surface area (Å²) >= 11 is 0. The number of aromatic nitrogens is 2. The summed E-state index contributed by atoms with van der Waals surface area (Å²) < 4.78 is 38.9. The van der Waals surface area contributed by atoms with Crippen molar-refractivity contribution in [1.29, 1.82) is 5.26 Å². The predicted octanol–water partition coefficient (Wildman–Crippen LogP) is 3.63.